The van der Waals surface area contributed by atoms with E-state index >= 15 is 0 Å². The number of halogens is 1. The highest BCUT2D eigenvalue weighted by atomic mass is 35.5. The molecule has 0 bridgehead atoms. The van der Waals surface area contributed by atoms with Gasteiger partial charge >= 0.3 is 0 Å². The molecule has 1 heterocycles. The maximum Gasteiger partial charge on any atom is 0.251 e. The Morgan fingerprint density at radius 2 is 1.89 bits per heavy atom. The van der Waals surface area contributed by atoms with Gasteiger partial charge in [-0.2, -0.15) is 0 Å². The highest BCUT2D eigenvalue weighted by molar-refractivity contribution is 7.89. The summed E-state index contributed by atoms with van der Waals surface area (Å²) in [4.78, 5) is 12.4. The van der Waals surface area contributed by atoms with E-state index in [0.29, 0.717) is 23.7 Å². The molecule has 0 aliphatic carbocycles. The standard InChI is InChI=1S/C19H21ClN2O4S/c20-18-6-2-1-4-15(18)12-21-19(23)14-7-9-17(10-8-14)27(24,25)22-13-16-5-3-11-26-16/h1-2,4,6-10,16,22H,3,5,11-13H2,(H,21,23)/t16-/m0/s1. The van der Waals surface area contributed by atoms with Gasteiger partial charge in [0, 0.05) is 30.3 Å². The Balaban J connectivity index is 1.58. The smallest absolute Gasteiger partial charge is 0.251 e. The summed E-state index contributed by atoms with van der Waals surface area (Å²) in [7, 11) is -3.63. The number of hydrogen-bond acceptors (Lipinski definition) is 4. The third-order valence-corrected chi connectivity index (χ3v) is 6.16. The minimum absolute atomic E-state index is 0.0744. The molecule has 0 aromatic heterocycles. The molecule has 2 N–H and O–H groups in total. The molecule has 3 rings (SSSR count). The van der Waals surface area contributed by atoms with Crippen molar-refractivity contribution in [2.75, 3.05) is 13.2 Å². The van der Waals surface area contributed by atoms with Crippen LogP contribution in [-0.2, 0) is 21.3 Å². The number of amides is 1. The number of ether oxygens (including phenoxy) is 1. The van der Waals surface area contributed by atoms with Crippen molar-refractivity contribution in [2.24, 2.45) is 0 Å². The first-order valence-electron chi connectivity index (χ1n) is 8.68. The van der Waals surface area contributed by atoms with E-state index in [2.05, 4.69) is 10.0 Å². The summed E-state index contributed by atoms with van der Waals surface area (Å²) < 4.78 is 32.6. The summed E-state index contributed by atoms with van der Waals surface area (Å²) in [5, 5.41) is 3.35. The van der Waals surface area contributed by atoms with Crippen molar-refractivity contribution in [2.45, 2.75) is 30.4 Å². The lowest BCUT2D eigenvalue weighted by Crippen LogP contribution is -2.31. The molecule has 2 aromatic carbocycles. The number of hydrogen-bond donors (Lipinski definition) is 2. The van der Waals surface area contributed by atoms with Crippen LogP contribution in [0, 0.1) is 0 Å². The minimum Gasteiger partial charge on any atom is -0.377 e. The molecule has 0 spiro atoms. The van der Waals surface area contributed by atoms with Crippen molar-refractivity contribution in [3.8, 4) is 0 Å². The first kappa shape index (κ1) is 19.8. The molecule has 27 heavy (non-hydrogen) atoms. The number of carbonyl (C=O) groups excluding carboxylic acids is 1. The van der Waals surface area contributed by atoms with E-state index in [1.807, 2.05) is 18.2 Å². The van der Waals surface area contributed by atoms with Crippen LogP contribution in [0.15, 0.2) is 53.4 Å². The van der Waals surface area contributed by atoms with Gasteiger partial charge in [-0.15, -0.1) is 0 Å². The van der Waals surface area contributed by atoms with Gasteiger partial charge in [0.1, 0.15) is 0 Å². The summed E-state index contributed by atoms with van der Waals surface area (Å²) in [5.41, 5.74) is 1.19. The van der Waals surface area contributed by atoms with Gasteiger partial charge in [0.05, 0.1) is 11.0 Å². The predicted octanol–water partition coefficient (Wildman–Crippen LogP) is 2.73. The Labute approximate surface area is 163 Å². The quantitative estimate of drug-likeness (QED) is 0.737. The third kappa shape index (κ3) is 5.29. The third-order valence-electron chi connectivity index (χ3n) is 4.35. The SMILES string of the molecule is O=C(NCc1ccccc1Cl)c1ccc(S(=O)(=O)NC[C@@H]2CCCO2)cc1. The van der Waals surface area contributed by atoms with E-state index in [9.17, 15) is 13.2 Å². The topological polar surface area (TPSA) is 84.5 Å². The fourth-order valence-corrected chi connectivity index (χ4v) is 4.07. The zero-order valence-corrected chi connectivity index (χ0v) is 16.2. The molecule has 1 aliphatic rings. The lowest BCUT2D eigenvalue weighted by atomic mass is 10.2. The second-order valence-electron chi connectivity index (χ2n) is 6.29. The largest absolute Gasteiger partial charge is 0.377 e. The summed E-state index contributed by atoms with van der Waals surface area (Å²) in [6.07, 6.45) is 1.73. The highest BCUT2D eigenvalue weighted by Gasteiger charge is 2.20. The zero-order valence-electron chi connectivity index (χ0n) is 14.7. The summed E-state index contributed by atoms with van der Waals surface area (Å²) >= 11 is 6.07. The fourth-order valence-electron chi connectivity index (χ4n) is 2.80. The molecule has 1 saturated heterocycles. The Hall–Kier alpha value is -1.93. The van der Waals surface area contributed by atoms with E-state index in [1.54, 1.807) is 6.07 Å². The molecular weight excluding hydrogens is 388 g/mol. The summed E-state index contributed by atoms with van der Waals surface area (Å²) in [6, 6.07) is 13.1. The molecule has 0 unspecified atom stereocenters. The van der Waals surface area contributed by atoms with Crippen LogP contribution in [-0.4, -0.2) is 33.6 Å². The van der Waals surface area contributed by atoms with Crippen molar-refractivity contribution < 1.29 is 17.9 Å². The van der Waals surface area contributed by atoms with Gasteiger partial charge in [-0.05, 0) is 48.7 Å². The van der Waals surface area contributed by atoms with Gasteiger partial charge in [0.25, 0.3) is 5.91 Å². The first-order chi connectivity index (χ1) is 13.0. The highest BCUT2D eigenvalue weighted by Crippen LogP contribution is 2.16. The molecular formula is C19H21ClN2O4S. The maximum atomic E-state index is 12.3. The normalized spacial score (nSPS) is 17.0. The maximum absolute atomic E-state index is 12.3. The number of nitrogens with one attached hydrogen (secondary N) is 2. The number of carbonyl (C=O) groups is 1. The van der Waals surface area contributed by atoms with Crippen LogP contribution in [0.5, 0.6) is 0 Å². The van der Waals surface area contributed by atoms with Crippen molar-refractivity contribution in [3.05, 3.63) is 64.7 Å². The van der Waals surface area contributed by atoms with E-state index in [0.717, 1.165) is 18.4 Å². The molecule has 144 valence electrons. The molecule has 1 atom stereocenters. The molecule has 6 nitrogen and oxygen atoms in total. The minimum atomic E-state index is -3.63. The molecule has 1 fully saturated rings. The summed E-state index contributed by atoms with van der Waals surface area (Å²) in [6.45, 7) is 1.22. The van der Waals surface area contributed by atoms with Crippen LogP contribution in [0.4, 0.5) is 0 Å². The first-order valence-corrected chi connectivity index (χ1v) is 10.5. The van der Waals surface area contributed by atoms with Gasteiger partial charge in [-0.3, -0.25) is 4.79 Å². The van der Waals surface area contributed by atoms with Crippen LogP contribution in [0.2, 0.25) is 5.02 Å². The van der Waals surface area contributed by atoms with Crippen LogP contribution in [0.25, 0.3) is 0 Å². The van der Waals surface area contributed by atoms with E-state index in [4.69, 9.17) is 16.3 Å². The van der Waals surface area contributed by atoms with E-state index in [-0.39, 0.29) is 23.5 Å². The average Bonchev–Trinajstić information content (AvgIpc) is 3.19. The van der Waals surface area contributed by atoms with E-state index in [1.165, 1.54) is 24.3 Å². The van der Waals surface area contributed by atoms with E-state index < -0.39 is 10.0 Å². The second kappa shape index (κ2) is 8.84. The van der Waals surface area contributed by atoms with Crippen molar-refractivity contribution in [1.29, 1.82) is 0 Å². The summed E-state index contributed by atoms with van der Waals surface area (Å²) in [5.74, 6) is -0.300. The van der Waals surface area contributed by atoms with Crippen LogP contribution in [0.3, 0.4) is 0 Å². The Morgan fingerprint density at radius 3 is 2.56 bits per heavy atom. The average molecular weight is 409 g/mol. The molecule has 2 aromatic rings. The molecule has 1 amide bonds. The lowest BCUT2D eigenvalue weighted by molar-refractivity contribution is 0.0951. The molecule has 0 radical (unpaired) electrons. The Kier molecular flexibility index (Phi) is 6.49. The van der Waals surface area contributed by atoms with Crippen LogP contribution >= 0.6 is 11.6 Å². The second-order valence-corrected chi connectivity index (χ2v) is 8.46. The van der Waals surface area contributed by atoms with Crippen molar-refractivity contribution in [1.82, 2.24) is 10.0 Å². The van der Waals surface area contributed by atoms with Gasteiger partial charge in [-0.25, -0.2) is 13.1 Å². The molecule has 0 saturated carbocycles. The van der Waals surface area contributed by atoms with Gasteiger partial charge in [-0.1, -0.05) is 29.8 Å². The fraction of sp³-hybridized carbons (Fsp3) is 0.316. The monoisotopic (exact) mass is 408 g/mol. The number of rotatable bonds is 7. The lowest BCUT2D eigenvalue weighted by Gasteiger charge is -2.12. The van der Waals surface area contributed by atoms with Gasteiger partial charge in [0.15, 0.2) is 0 Å². The van der Waals surface area contributed by atoms with Gasteiger partial charge < -0.3 is 10.1 Å². The predicted molar refractivity (Wildman–Crippen MR) is 103 cm³/mol. The van der Waals surface area contributed by atoms with Crippen LogP contribution < -0.4 is 10.0 Å². The Morgan fingerprint density at radius 1 is 1.15 bits per heavy atom. The zero-order chi connectivity index (χ0) is 19.3. The molecule has 8 heteroatoms. The van der Waals surface area contributed by atoms with Gasteiger partial charge in [0.2, 0.25) is 10.0 Å². The van der Waals surface area contributed by atoms with Crippen molar-refractivity contribution in [3.63, 3.8) is 0 Å². The Bertz CT molecular complexity index is 894. The number of benzene rings is 2. The molecule has 1 aliphatic heterocycles. The van der Waals surface area contributed by atoms with Crippen molar-refractivity contribution >= 4 is 27.5 Å². The number of sulfonamides is 1. The van der Waals surface area contributed by atoms with Crippen LogP contribution in [0.1, 0.15) is 28.8 Å².